The van der Waals surface area contributed by atoms with E-state index in [9.17, 15) is 14.4 Å². The van der Waals surface area contributed by atoms with E-state index in [0.29, 0.717) is 16.9 Å². The number of nitrogens with zero attached hydrogens (tertiary/aromatic N) is 1. The van der Waals surface area contributed by atoms with Crippen LogP contribution in [0.5, 0.6) is 0 Å². The average molecular weight is 411 g/mol. The summed E-state index contributed by atoms with van der Waals surface area (Å²) >= 11 is 1.10. The molecule has 2 rings (SSSR count). The number of benzene rings is 2. The van der Waals surface area contributed by atoms with Crippen molar-refractivity contribution < 1.29 is 19.1 Å². The van der Waals surface area contributed by atoms with Crippen LogP contribution in [0.3, 0.4) is 0 Å². The Morgan fingerprint density at radius 1 is 1.10 bits per heavy atom. The van der Waals surface area contributed by atoms with Crippen molar-refractivity contribution in [3.63, 3.8) is 0 Å². The number of carbonyl (C=O) groups excluding carboxylic acids is 3. The average Bonchev–Trinajstić information content (AvgIpc) is 2.68. The molecule has 2 aromatic carbocycles. The molecule has 0 heterocycles. The predicted octanol–water partition coefficient (Wildman–Crippen LogP) is 3.11. The Bertz CT molecular complexity index is 940. The maximum absolute atomic E-state index is 12.2. The first-order valence-electron chi connectivity index (χ1n) is 8.83. The molecular weight excluding hydrogens is 390 g/mol. The Morgan fingerprint density at radius 3 is 2.59 bits per heavy atom. The Hall–Kier alpha value is -3.31. The standard InChI is InChI=1S/C21H21N3O4S/c1-14-6-5-8-17(10-14)23-19(25)12-29-13-20(26)28-15(2)21(27)24-18-9-4-3-7-16(18)11-22/h3-10,15H,12-13H2,1-2H3,(H,23,25)(H,24,27)/t15-/m1/s1. The fraction of sp³-hybridized carbons (Fsp3) is 0.238. The second kappa shape index (κ2) is 10.9. The van der Waals surface area contributed by atoms with E-state index in [1.165, 1.54) is 6.92 Å². The number of nitriles is 1. The number of anilines is 2. The molecule has 0 bridgehead atoms. The Balaban J connectivity index is 1.73. The van der Waals surface area contributed by atoms with Gasteiger partial charge in [-0.15, -0.1) is 11.8 Å². The molecule has 8 heteroatoms. The molecule has 0 aromatic heterocycles. The largest absolute Gasteiger partial charge is 0.452 e. The maximum atomic E-state index is 12.2. The summed E-state index contributed by atoms with van der Waals surface area (Å²) in [7, 11) is 0. The summed E-state index contributed by atoms with van der Waals surface area (Å²) in [6.45, 7) is 3.37. The number of para-hydroxylation sites is 1. The van der Waals surface area contributed by atoms with E-state index in [1.54, 1.807) is 30.3 Å². The molecule has 0 fully saturated rings. The summed E-state index contributed by atoms with van der Waals surface area (Å²) in [6, 6.07) is 15.9. The van der Waals surface area contributed by atoms with Gasteiger partial charge in [-0.05, 0) is 43.7 Å². The van der Waals surface area contributed by atoms with Crippen LogP contribution >= 0.6 is 11.8 Å². The van der Waals surface area contributed by atoms with E-state index in [0.717, 1.165) is 17.3 Å². The van der Waals surface area contributed by atoms with Crippen LogP contribution in [0.1, 0.15) is 18.1 Å². The molecule has 2 aromatic rings. The first kappa shape index (κ1) is 22.0. The lowest BCUT2D eigenvalue weighted by Crippen LogP contribution is -2.31. The summed E-state index contributed by atoms with van der Waals surface area (Å²) in [5.74, 6) is -1.35. The highest BCUT2D eigenvalue weighted by Crippen LogP contribution is 2.14. The number of esters is 1. The third kappa shape index (κ3) is 7.31. The zero-order valence-electron chi connectivity index (χ0n) is 16.1. The van der Waals surface area contributed by atoms with Gasteiger partial charge in [0, 0.05) is 5.69 Å². The number of nitrogens with one attached hydrogen (secondary N) is 2. The number of hydrogen-bond donors (Lipinski definition) is 2. The number of aryl methyl sites for hydroxylation is 1. The van der Waals surface area contributed by atoms with Gasteiger partial charge >= 0.3 is 5.97 Å². The predicted molar refractivity (Wildman–Crippen MR) is 112 cm³/mol. The van der Waals surface area contributed by atoms with Crippen molar-refractivity contribution in [2.24, 2.45) is 0 Å². The minimum Gasteiger partial charge on any atom is -0.452 e. The van der Waals surface area contributed by atoms with Crippen LogP contribution in [-0.4, -0.2) is 35.4 Å². The normalized spacial score (nSPS) is 11.1. The van der Waals surface area contributed by atoms with Gasteiger partial charge in [0.05, 0.1) is 22.8 Å². The van der Waals surface area contributed by atoms with Gasteiger partial charge in [-0.2, -0.15) is 5.26 Å². The lowest BCUT2D eigenvalue weighted by atomic mass is 10.2. The number of amides is 2. The second-order valence-corrected chi connectivity index (χ2v) is 7.17. The van der Waals surface area contributed by atoms with Crippen molar-refractivity contribution in [2.45, 2.75) is 20.0 Å². The van der Waals surface area contributed by atoms with Crippen LogP contribution in [0.25, 0.3) is 0 Å². The molecule has 150 valence electrons. The number of rotatable bonds is 8. The van der Waals surface area contributed by atoms with Gasteiger partial charge in [0.25, 0.3) is 5.91 Å². The van der Waals surface area contributed by atoms with Crippen molar-refractivity contribution in [2.75, 3.05) is 22.1 Å². The fourth-order valence-electron chi connectivity index (χ4n) is 2.36. The minimum atomic E-state index is -1.03. The Labute approximate surface area is 173 Å². The van der Waals surface area contributed by atoms with Gasteiger partial charge in [-0.3, -0.25) is 14.4 Å². The number of ether oxygens (including phenoxy) is 1. The van der Waals surface area contributed by atoms with Gasteiger partial charge in [0.1, 0.15) is 6.07 Å². The molecule has 2 amide bonds. The maximum Gasteiger partial charge on any atom is 0.316 e. The van der Waals surface area contributed by atoms with E-state index < -0.39 is 18.0 Å². The van der Waals surface area contributed by atoms with Crippen LogP contribution in [0.15, 0.2) is 48.5 Å². The van der Waals surface area contributed by atoms with Crippen LogP contribution in [-0.2, 0) is 19.1 Å². The molecule has 29 heavy (non-hydrogen) atoms. The summed E-state index contributed by atoms with van der Waals surface area (Å²) in [5, 5.41) is 14.4. The molecule has 0 spiro atoms. The lowest BCUT2D eigenvalue weighted by molar-refractivity contribution is -0.150. The van der Waals surface area contributed by atoms with Crippen LogP contribution in [0, 0.1) is 18.3 Å². The molecule has 2 N–H and O–H groups in total. The Kier molecular flexibility index (Phi) is 8.25. The van der Waals surface area contributed by atoms with Crippen molar-refractivity contribution >= 4 is 40.9 Å². The van der Waals surface area contributed by atoms with Gasteiger partial charge in [0.2, 0.25) is 5.91 Å². The molecule has 0 saturated carbocycles. The fourth-order valence-corrected chi connectivity index (χ4v) is 2.95. The summed E-state index contributed by atoms with van der Waals surface area (Å²) in [5.41, 5.74) is 2.39. The number of thioether (sulfide) groups is 1. The molecule has 0 saturated heterocycles. The van der Waals surface area contributed by atoms with Crippen LogP contribution in [0.4, 0.5) is 11.4 Å². The van der Waals surface area contributed by atoms with Gasteiger partial charge in [-0.25, -0.2) is 0 Å². The van der Waals surface area contributed by atoms with Gasteiger partial charge in [0.15, 0.2) is 6.10 Å². The third-order valence-corrected chi connectivity index (χ3v) is 4.64. The SMILES string of the molecule is Cc1cccc(NC(=O)CSCC(=O)O[C@H](C)C(=O)Nc2ccccc2C#N)c1. The highest BCUT2D eigenvalue weighted by Gasteiger charge is 2.19. The van der Waals surface area contributed by atoms with Gasteiger partial charge < -0.3 is 15.4 Å². The second-order valence-electron chi connectivity index (χ2n) is 6.19. The van der Waals surface area contributed by atoms with Gasteiger partial charge in [-0.1, -0.05) is 24.3 Å². The molecule has 0 aliphatic heterocycles. The topological polar surface area (TPSA) is 108 Å². The van der Waals surface area contributed by atoms with E-state index in [2.05, 4.69) is 10.6 Å². The molecular formula is C21H21N3O4S. The lowest BCUT2D eigenvalue weighted by Gasteiger charge is -2.14. The number of hydrogen-bond acceptors (Lipinski definition) is 6. The zero-order chi connectivity index (χ0) is 21.2. The van der Waals surface area contributed by atoms with E-state index in [-0.39, 0.29) is 17.4 Å². The molecule has 0 unspecified atom stereocenters. The van der Waals surface area contributed by atoms with Crippen molar-refractivity contribution in [3.05, 3.63) is 59.7 Å². The van der Waals surface area contributed by atoms with Crippen molar-refractivity contribution in [3.8, 4) is 6.07 Å². The smallest absolute Gasteiger partial charge is 0.316 e. The summed E-state index contributed by atoms with van der Waals surface area (Å²) in [6.07, 6.45) is -1.03. The summed E-state index contributed by atoms with van der Waals surface area (Å²) in [4.78, 5) is 36.0. The highest BCUT2D eigenvalue weighted by atomic mass is 32.2. The van der Waals surface area contributed by atoms with Crippen LogP contribution in [0.2, 0.25) is 0 Å². The van der Waals surface area contributed by atoms with Crippen molar-refractivity contribution in [1.82, 2.24) is 0 Å². The van der Waals surface area contributed by atoms with E-state index >= 15 is 0 Å². The third-order valence-electron chi connectivity index (χ3n) is 3.74. The summed E-state index contributed by atoms with van der Waals surface area (Å²) < 4.78 is 5.09. The highest BCUT2D eigenvalue weighted by molar-refractivity contribution is 8.00. The minimum absolute atomic E-state index is 0.0619. The Morgan fingerprint density at radius 2 is 1.86 bits per heavy atom. The van der Waals surface area contributed by atoms with E-state index in [4.69, 9.17) is 10.00 Å². The van der Waals surface area contributed by atoms with Crippen LogP contribution < -0.4 is 10.6 Å². The molecule has 0 radical (unpaired) electrons. The number of carbonyl (C=O) groups is 3. The molecule has 0 aliphatic rings. The molecule has 7 nitrogen and oxygen atoms in total. The molecule has 1 atom stereocenters. The van der Waals surface area contributed by atoms with E-state index in [1.807, 2.05) is 31.2 Å². The first-order chi connectivity index (χ1) is 13.9. The quantitative estimate of drug-likeness (QED) is 0.646. The zero-order valence-corrected chi connectivity index (χ0v) is 16.9. The monoisotopic (exact) mass is 411 g/mol. The van der Waals surface area contributed by atoms with Crippen molar-refractivity contribution in [1.29, 1.82) is 5.26 Å². The first-order valence-corrected chi connectivity index (χ1v) is 9.98. The molecule has 0 aliphatic carbocycles.